The Balaban J connectivity index is 3.88. The van der Waals surface area contributed by atoms with E-state index < -0.39 is 41.7 Å². The minimum Gasteiger partial charge on any atom is -0.258 e. The maximum absolute atomic E-state index is 12.6. The van der Waals surface area contributed by atoms with Crippen LogP contribution in [0.4, 0.5) is 18.9 Å². The van der Waals surface area contributed by atoms with Crippen LogP contribution in [0.15, 0.2) is 21.5 Å². The number of rotatable bonds is 2. The number of nitrogens with two attached hydrogens (primary N) is 1. The van der Waals surface area contributed by atoms with Crippen LogP contribution in [0.2, 0.25) is 0 Å². The standard InChI is InChI=1S/C7H4BrF3N2O4S/c8-4-2-1-3(7(9,10)11)5(13(14)15)6(4)18(12,16)17/h1-2H,(H2,12,16,17). The molecule has 0 spiro atoms. The summed E-state index contributed by atoms with van der Waals surface area (Å²) in [6.07, 6.45) is -5.07. The lowest BCUT2D eigenvalue weighted by Gasteiger charge is -2.10. The van der Waals surface area contributed by atoms with Crippen LogP contribution in [0.25, 0.3) is 0 Å². The number of alkyl halides is 3. The number of sulfonamides is 1. The quantitative estimate of drug-likeness (QED) is 0.652. The van der Waals surface area contributed by atoms with Crippen molar-refractivity contribution in [3.63, 3.8) is 0 Å². The van der Waals surface area contributed by atoms with E-state index in [1.54, 1.807) is 0 Å². The summed E-state index contributed by atoms with van der Waals surface area (Å²) in [5.74, 6) is 0. The molecule has 0 aliphatic rings. The monoisotopic (exact) mass is 348 g/mol. The molecule has 6 nitrogen and oxygen atoms in total. The minimum absolute atomic E-state index is 0.400. The molecular weight excluding hydrogens is 345 g/mol. The number of nitro groups is 1. The van der Waals surface area contributed by atoms with E-state index in [9.17, 15) is 31.7 Å². The van der Waals surface area contributed by atoms with Crippen molar-refractivity contribution in [3.05, 3.63) is 32.3 Å². The van der Waals surface area contributed by atoms with Gasteiger partial charge in [-0.1, -0.05) is 0 Å². The summed E-state index contributed by atoms with van der Waals surface area (Å²) in [7, 11) is -4.68. The molecule has 18 heavy (non-hydrogen) atoms. The normalized spacial score (nSPS) is 12.5. The molecule has 100 valence electrons. The van der Waals surface area contributed by atoms with Crippen LogP contribution >= 0.6 is 15.9 Å². The topological polar surface area (TPSA) is 103 Å². The summed E-state index contributed by atoms with van der Waals surface area (Å²) in [5, 5.41) is 15.3. The number of nitrogens with zero attached hydrogens (tertiary/aromatic N) is 1. The fourth-order valence-electron chi connectivity index (χ4n) is 1.23. The first kappa shape index (κ1) is 14.9. The van der Waals surface area contributed by atoms with Gasteiger partial charge in [-0.05, 0) is 28.1 Å². The fraction of sp³-hybridized carbons (Fsp3) is 0.143. The van der Waals surface area contributed by atoms with Gasteiger partial charge < -0.3 is 0 Å². The molecule has 0 unspecified atom stereocenters. The highest BCUT2D eigenvalue weighted by Crippen LogP contribution is 2.41. The third-order valence-corrected chi connectivity index (χ3v) is 3.76. The van der Waals surface area contributed by atoms with Crippen LogP contribution in [-0.4, -0.2) is 13.3 Å². The van der Waals surface area contributed by atoms with Gasteiger partial charge in [-0.25, -0.2) is 13.6 Å². The molecule has 1 aromatic carbocycles. The Bertz CT molecular complexity index is 614. The average Bonchev–Trinajstić information content (AvgIpc) is 2.12. The van der Waals surface area contributed by atoms with Gasteiger partial charge in [0.2, 0.25) is 10.0 Å². The van der Waals surface area contributed by atoms with Crippen molar-refractivity contribution in [1.29, 1.82) is 0 Å². The van der Waals surface area contributed by atoms with Crippen molar-refractivity contribution in [2.75, 3.05) is 0 Å². The first-order chi connectivity index (χ1) is 7.96. The molecule has 0 aromatic heterocycles. The average molecular weight is 349 g/mol. The van der Waals surface area contributed by atoms with E-state index in [0.29, 0.717) is 6.07 Å². The molecule has 0 bridgehead atoms. The summed E-state index contributed by atoms with van der Waals surface area (Å²) >= 11 is 2.62. The molecule has 1 aromatic rings. The predicted molar refractivity (Wildman–Crippen MR) is 57.2 cm³/mol. The van der Waals surface area contributed by atoms with Crippen molar-refractivity contribution >= 4 is 31.6 Å². The Labute approximate surface area is 107 Å². The highest BCUT2D eigenvalue weighted by molar-refractivity contribution is 9.10. The van der Waals surface area contributed by atoms with Crippen LogP contribution in [0, 0.1) is 10.1 Å². The summed E-state index contributed by atoms with van der Waals surface area (Å²) in [4.78, 5) is 8.01. The maximum Gasteiger partial charge on any atom is 0.423 e. The van der Waals surface area contributed by atoms with Gasteiger partial charge in [0.25, 0.3) is 0 Å². The lowest BCUT2D eigenvalue weighted by atomic mass is 10.2. The van der Waals surface area contributed by atoms with Gasteiger partial charge in [-0.3, -0.25) is 10.1 Å². The molecule has 0 radical (unpaired) electrons. The molecule has 0 saturated carbocycles. The summed E-state index contributed by atoms with van der Waals surface area (Å²) < 4.78 is 59.5. The van der Waals surface area contributed by atoms with Gasteiger partial charge >= 0.3 is 11.9 Å². The smallest absolute Gasteiger partial charge is 0.258 e. The lowest BCUT2D eigenvalue weighted by molar-refractivity contribution is -0.391. The number of nitro benzene ring substituents is 1. The second kappa shape index (κ2) is 4.48. The van der Waals surface area contributed by atoms with Crippen molar-refractivity contribution in [1.82, 2.24) is 0 Å². The van der Waals surface area contributed by atoms with Gasteiger partial charge in [0.05, 0.1) is 4.92 Å². The number of primary sulfonamides is 1. The van der Waals surface area contributed by atoms with Gasteiger partial charge in [-0.2, -0.15) is 13.2 Å². The highest BCUT2D eigenvalue weighted by Gasteiger charge is 2.42. The third kappa shape index (κ3) is 2.79. The molecule has 11 heteroatoms. The van der Waals surface area contributed by atoms with Crippen LogP contribution in [0.1, 0.15) is 5.56 Å². The number of halogens is 4. The minimum atomic E-state index is -5.07. The maximum atomic E-state index is 12.6. The predicted octanol–water partition coefficient (Wildman–Crippen LogP) is 2.02. The molecule has 0 aliphatic heterocycles. The first-order valence-electron chi connectivity index (χ1n) is 4.03. The Morgan fingerprint density at radius 3 is 2.17 bits per heavy atom. The molecular formula is C7H4BrF3N2O4S. The van der Waals surface area contributed by atoms with E-state index in [-0.39, 0.29) is 0 Å². The third-order valence-electron chi connectivity index (χ3n) is 1.86. The van der Waals surface area contributed by atoms with E-state index in [1.165, 1.54) is 0 Å². The second-order valence-corrected chi connectivity index (χ2v) is 5.43. The summed E-state index contributed by atoms with van der Waals surface area (Å²) in [6, 6.07) is 1.13. The fourth-order valence-corrected chi connectivity index (χ4v) is 3.02. The molecule has 0 heterocycles. The zero-order chi connectivity index (χ0) is 14.3. The molecule has 0 atom stereocenters. The Morgan fingerprint density at radius 2 is 1.83 bits per heavy atom. The lowest BCUT2D eigenvalue weighted by Crippen LogP contribution is -2.18. The van der Waals surface area contributed by atoms with E-state index in [0.717, 1.165) is 6.07 Å². The zero-order valence-corrected chi connectivity index (χ0v) is 10.6. The SMILES string of the molecule is NS(=O)(=O)c1c(Br)ccc(C(F)(F)F)c1[N+](=O)[O-]. The molecule has 0 aliphatic carbocycles. The van der Waals surface area contributed by atoms with E-state index in [4.69, 9.17) is 0 Å². The van der Waals surface area contributed by atoms with E-state index in [2.05, 4.69) is 21.1 Å². The molecule has 1 rings (SSSR count). The van der Waals surface area contributed by atoms with E-state index in [1.807, 2.05) is 0 Å². The van der Waals surface area contributed by atoms with Crippen LogP contribution < -0.4 is 5.14 Å². The zero-order valence-electron chi connectivity index (χ0n) is 8.23. The van der Waals surface area contributed by atoms with Gasteiger partial charge in [0.1, 0.15) is 5.56 Å². The van der Waals surface area contributed by atoms with Crippen molar-refractivity contribution in [3.8, 4) is 0 Å². The number of benzene rings is 1. The van der Waals surface area contributed by atoms with Crippen molar-refractivity contribution in [2.24, 2.45) is 5.14 Å². The van der Waals surface area contributed by atoms with Crippen LogP contribution in [0.5, 0.6) is 0 Å². The van der Waals surface area contributed by atoms with Gasteiger partial charge in [0, 0.05) is 4.47 Å². The molecule has 0 saturated heterocycles. The molecule has 0 fully saturated rings. The van der Waals surface area contributed by atoms with E-state index >= 15 is 0 Å². The Hall–Kier alpha value is -1.20. The first-order valence-corrected chi connectivity index (χ1v) is 6.37. The Kier molecular flexibility index (Phi) is 3.70. The molecule has 2 N–H and O–H groups in total. The largest absolute Gasteiger partial charge is 0.423 e. The van der Waals surface area contributed by atoms with Gasteiger partial charge in [-0.15, -0.1) is 0 Å². The summed E-state index contributed by atoms with van der Waals surface area (Å²) in [6.45, 7) is 0. The molecule has 0 amide bonds. The highest BCUT2D eigenvalue weighted by atomic mass is 79.9. The number of hydrogen-bond acceptors (Lipinski definition) is 4. The van der Waals surface area contributed by atoms with Gasteiger partial charge in [0.15, 0.2) is 4.90 Å². The van der Waals surface area contributed by atoms with Crippen LogP contribution in [-0.2, 0) is 16.2 Å². The van der Waals surface area contributed by atoms with Crippen LogP contribution in [0.3, 0.4) is 0 Å². The van der Waals surface area contributed by atoms with Crippen molar-refractivity contribution in [2.45, 2.75) is 11.1 Å². The van der Waals surface area contributed by atoms with Crippen molar-refractivity contribution < 1.29 is 26.5 Å². The summed E-state index contributed by atoms with van der Waals surface area (Å²) in [5.41, 5.74) is -3.28. The Morgan fingerprint density at radius 1 is 1.33 bits per heavy atom. The number of hydrogen-bond donors (Lipinski definition) is 1. The second-order valence-electron chi connectivity index (χ2n) is 3.07.